The number of allylic oxidation sites excluding steroid dienone is 8. The number of rotatable bonds is 6. The van der Waals surface area contributed by atoms with Gasteiger partial charge in [0.15, 0.2) is 5.92 Å². The third kappa shape index (κ3) is 4.27. The number of nitrogens with zero attached hydrogens (tertiary/aromatic N) is 3. The Bertz CT molecular complexity index is 1470. The van der Waals surface area contributed by atoms with Crippen LogP contribution in [0.3, 0.4) is 0 Å². The molecule has 0 bridgehead atoms. The van der Waals surface area contributed by atoms with Crippen molar-refractivity contribution in [1.82, 2.24) is 9.78 Å². The van der Waals surface area contributed by atoms with Crippen LogP contribution in [0.15, 0.2) is 71.7 Å². The van der Waals surface area contributed by atoms with E-state index in [9.17, 15) is 14.9 Å². The van der Waals surface area contributed by atoms with Gasteiger partial charge in [0.05, 0.1) is 24.6 Å². The van der Waals surface area contributed by atoms with Crippen LogP contribution < -0.4 is 20.6 Å². The number of anilines is 1. The fraction of sp³-hybridized carbons (Fsp3) is 0.185. The van der Waals surface area contributed by atoms with E-state index in [1.807, 2.05) is 34.4 Å². The van der Waals surface area contributed by atoms with Gasteiger partial charge in [-0.05, 0) is 54.2 Å². The molecule has 0 radical (unpaired) electrons. The molecule has 5 rings (SSSR count). The SMILES string of the molecule is COc1ccc(NC(=O)C(C#N)C(=O)c2nn(C3C=CCC=C3)c3c2=CSC2=CC=CCC=32)cc1. The number of thioether (sulfide) groups is 1. The quantitative estimate of drug-likeness (QED) is 0.385. The van der Waals surface area contributed by atoms with Crippen LogP contribution >= 0.6 is 11.8 Å². The Morgan fingerprint density at radius 1 is 1.23 bits per heavy atom. The number of Topliss-reactive ketones (excluding diaryl/α,β-unsaturated/α-hetero) is 1. The first kappa shape index (κ1) is 22.7. The first-order valence-corrected chi connectivity index (χ1v) is 12.1. The van der Waals surface area contributed by atoms with Crippen LogP contribution in [-0.4, -0.2) is 28.6 Å². The number of methoxy groups -OCH3 is 1. The first-order valence-electron chi connectivity index (χ1n) is 11.2. The topological polar surface area (TPSA) is 97.0 Å². The van der Waals surface area contributed by atoms with Gasteiger partial charge in [0, 0.05) is 15.8 Å². The zero-order valence-electron chi connectivity index (χ0n) is 19.0. The standard InChI is InChI=1S/C27H22N4O3S/c1-34-19-13-11-17(12-14-19)29-27(33)21(15-28)26(32)24-22-16-35-23-10-6-5-9-20(23)25(22)31(30-24)18-7-3-2-4-8-18/h3-8,10-14,16,18,21H,2,9H2,1H3,(H,29,33). The third-order valence-electron chi connectivity index (χ3n) is 6.01. The molecule has 2 aliphatic carbocycles. The lowest BCUT2D eigenvalue weighted by atomic mass is 10.00. The van der Waals surface area contributed by atoms with Crippen LogP contribution in [0.5, 0.6) is 5.75 Å². The molecule has 1 N–H and O–H groups in total. The minimum Gasteiger partial charge on any atom is -0.497 e. The number of carbonyl (C=O) groups excluding carboxylic acids is 2. The number of fused-ring (bicyclic) bond motifs is 2. The second-order valence-corrected chi connectivity index (χ2v) is 9.07. The van der Waals surface area contributed by atoms with Crippen molar-refractivity contribution in [2.24, 2.45) is 5.92 Å². The molecular formula is C27H22N4O3S. The smallest absolute Gasteiger partial charge is 0.249 e. The van der Waals surface area contributed by atoms with Crippen molar-refractivity contribution in [3.8, 4) is 11.8 Å². The molecule has 174 valence electrons. The number of nitriles is 1. The number of hydrogen-bond acceptors (Lipinski definition) is 6. The van der Waals surface area contributed by atoms with E-state index in [1.165, 1.54) is 11.8 Å². The highest BCUT2D eigenvalue weighted by Gasteiger charge is 2.33. The van der Waals surface area contributed by atoms with Crippen molar-refractivity contribution in [2.45, 2.75) is 18.9 Å². The number of aromatic nitrogens is 2. The molecule has 0 spiro atoms. The van der Waals surface area contributed by atoms with Crippen molar-refractivity contribution in [3.63, 3.8) is 0 Å². The van der Waals surface area contributed by atoms with Gasteiger partial charge in [-0.3, -0.25) is 14.3 Å². The van der Waals surface area contributed by atoms with Gasteiger partial charge < -0.3 is 10.1 Å². The molecule has 0 saturated carbocycles. The van der Waals surface area contributed by atoms with Crippen molar-refractivity contribution in [3.05, 3.63) is 88.0 Å². The summed E-state index contributed by atoms with van der Waals surface area (Å²) >= 11 is 1.53. The minimum atomic E-state index is -1.53. The zero-order chi connectivity index (χ0) is 24.4. The highest BCUT2D eigenvalue weighted by Crippen LogP contribution is 2.33. The summed E-state index contributed by atoms with van der Waals surface area (Å²) in [6.07, 6.45) is 15.9. The molecule has 3 aliphatic rings. The predicted molar refractivity (Wildman–Crippen MR) is 136 cm³/mol. The molecule has 35 heavy (non-hydrogen) atoms. The van der Waals surface area contributed by atoms with Crippen LogP contribution in [0.2, 0.25) is 0 Å². The molecule has 1 atom stereocenters. The fourth-order valence-corrected chi connectivity index (χ4v) is 5.20. The van der Waals surface area contributed by atoms with Crippen molar-refractivity contribution < 1.29 is 14.3 Å². The summed E-state index contributed by atoms with van der Waals surface area (Å²) in [5.74, 6) is -2.21. The van der Waals surface area contributed by atoms with Crippen LogP contribution in [0, 0.1) is 17.2 Å². The maximum Gasteiger partial charge on any atom is 0.249 e. The molecule has 2 heterocycles. The molecule has 0 saturated heterocycles. The number of ether oxygens (including phenoxy) is 1. The lowest BCUT2D eigenvalue weighted by Crippen LogP contribution is -2.38. The first-order chi connectivity index (χ1) is 17.1. The molecular weight excluding hydrogens is 460 g/mol. The van der Waals surface area contributed by atoms with Crippen LogP contribution in [0.25, 0.3) is 11.0 Å². The van der Waals surface area contributed by atoms with E-state index in [4.69, 9.17) is 4.74 Å². The predicted octanol–water partition coefficient (Wildman–Crippen LogP) is 3.39. The molecule has 1 aliphatic heterocycles. The van der Waals surface area contributed by atoms with Gasteiger partial charge in [-0.15, -0.1) is 0 Å². The lowest BCUT2D eigenvalue weighted by molar-refractivity contribution is -0.117. The Kier molecular flexibility index (Phi) is 6.25. The van der Waals surface area contributed by atoms with E-state index in [0.29, 0.717) is 16.7 Å². The highest BCUT2D eigenvalue weighted by molar-refractivity contribution is 8.10. The summed E-state index contributed by atoms with van der Waals surface area (Å²) < 4.78 is 6.96. The van der Waals surface area contributed by atoms with Gasteiger partial charge in [-0.1, -0.05) is 48.2 Å². The molecule has 7 nitrogen and oxygen atoms in total. The van der Waals surface area contributed by atoms with E-state index < -0.39 is 17.6 Å². The second kappa shape index (κ2) is 9.65. The van der Waals surface area contributed by atoms with Gasteiger partial charge in [0.25, 0.3) is 0 Å². The fourth-order valence-electron chi connectivity index (χ4n) is 4.25. The average Bonchev–Trinajstić information content (AvgIpc) is 3.30. The average molecular weight is 483 g/mol. The zero-order valence-corrected chi connectivity index (χ0v) is 19.8. The Labute approximate surface area is 206 Å². The number of hydrogen-bond donors (Lipinski definition) is 1. The van der Waals surface area contributed by atoms with E-state index in [2.05, 4.69) is 34.7 Å². The van der Waals surface area contributed by atoms with Gasteiger partial charge >= 0.3 is 0 Å². The second-order valence-electron chi connectivity index (χ2n) is 8.16. The summed E-state index contributed by atoms with van der Waals surface area (Å²) in [6, 6.07) is 8.42. The van der Waals surface area contributed by atoms with Gasteiger partial charge in [-0.25, -0.2) is 0 Å². The molecule has 1 aromatic carbocycles. The summed E-state index contributed by atoms with van der Waals surface area (Å²) in [5, 5.41) is 20.5. The van der Waals surface area contributed by atoms with Gasteiger partial charge in [0.1, 0.15) is 11.4 Å². The third-order valence-corrected chi connectivity index (χ3v) is 7.00. The van der Waals surface area contributed by atoms with Crippen molar-refractivity contribution >= 4 is 40.1 Å². The van der Waals surface area contributed by atoms with E-state index in [1.54, 1.807) is 31.4 Å². The minimum absolute atomic E-state index is 0.136. The van der Waals surface area contributed by atoms with E-state index >= 15 is 0 Å². The maximum absolute atomic E-state index is 13.6. The molecule has 2 aromatic rings. The summed E-state index contributed by atoms with van der Waals surface area (Å²) in [4.78, 5) is 27.6. The number of carbonyl (C=O) groups is 2. The summed E-state index contributed by atoms with van der Waals surface area (Å²) in [6.45, 7) is 0. The Hall–Kier alpha value is -4.09. The number of benzene rings is 1. The number of ketones is 1. The Morgan fingerprint density at radius 3 is 2.71 bits per heavy atom. The van der Waals surface area contributed by atoms with Crippen LogP contribution in [0.4, 0.5) is 5.69 Å². The van der Waals surface area contributed by atoms with Crippen molar-refractivity contribution in [1.29, 1.82) is 5.26 Å². The van der Waals surface area contributed by atoms with Crippen LogP contribution in [0.1, 0.15) is 29.4 Å². The number of nitrogens with one attached hydrogen (secondary N) is 1. The lowest BCUT2D eigenvalue weighted by Gasteiger charge is -2.18. The monoisotopic (exact) mass is 482 g/mol. The molecule has 0 fully saturated rings. The Morgan fingerprint density at radius 2 is 2.00 bits per heavy atom. The maximum atomic E-state index is 13.6. The molecule has 1 unspecified atom stereocenters. The summed E-state index contributed by atoms with van der Waals surface area (Å²) in [7, 11) is 1.55. The normalized spacial score (nSPS) is 16.9. The van der Waals surface area contributed by atoms with Crippen molar-refractivity contribution in [2.75, 3.05) is 12.4 Å². The number of amides is 1. The largest absolute Gasteiger partial charge is 0.497 e. The summed E-state index contributed by atoms with van der Waals surface area (Å²) in [5.41, 5.74) is 1.69. The van der Waals surface area contributed by atoms with Gasteiger partial charge in [-0.2, -0.15) is 10.4 Å². The molecule has 8 heteroatoms. The van der Waals surface area contributed by atoms with Gasteiger partial charge in [0.2, 0.25) is 11.7 Å². The Balaban J connectivity index is 1.55. The van der Waals surface area contributed by atoms with E-state index in [0.717, 1.165) is 28.7 Å². The molecule has 1 amide bonds. The molecule has 1 aromatic heterocycles. The van der Waals surface area contributed by atoms with Crippen LogP contribution in [-0.2, 0) is 4.79 Å². The van der Waals surface area contributed by atoms with E-state index in [-0.39, 0.29) is 11.7 Å². The highest BCUT2D eigenvalue weighted by atomic mass is 32.2.